The molecule has 0 radical (unpaired) electrons. The summed E-state index contributed by atoms with van der Waals surface area (Å²) >= 11 is 1.32. The van der Waals surface area contributed by atoms with E-state index < -0.39 is 10.0 Å². The first-order chi connectivity index (χ1) is 11.4. The van der Waals surface area contributed by atoms with E-state index in [-0.39, 0.29) is 16.1 Å². The maximum atomic E-state index is 12.7. The molecule has 1 amide bonds. The fourth-order valence-electron chi connectivity index (χ4n) is 2.57. The maximum absolute atomic E-state index is 12.7. The summed E-state index contributed by atoms with van der Waals surface area (Å²) in [6.07, 6.45) is 5.37. The standard InChI is InChI=1S/C16H25N3O3S2/c1-3-17-16(20)13(2)23-15-9-8-14(12-18-15)24(21,22)19-10-6-4-5-7-11-19/h8-9,12-13H,3-7,10-11H2,1-2H3,(H,17,20)/t13-/m1/s1. The van der Waals surface area contributed by atoms with Gasteiger partial charge in [-0.05, 0) is 38.8 Å². The third-order valence-corrected chi connectivity index (χ3v) is 6.86. The summed E-state index contributed by atoms with van der Waals surface area (Å²) in [7, 11) is -3.47. The van der Waals surface area contributed by atoms with E-state index in [2.05, 4.69) is 10.3 Å². The number of thioether (sulfide) groups is 1. The van der Waals surface area contributed by atoms with Crippen LogP contribution in [0.2, 0.25) is 0 Å². The van der Waals surface area contributed by atoms with Gasteiger partial charge >= 0.3 is 0 Å². The van der Waals surface area contributed by atoms with E-state index in [1.807, 2.05) is 6.92 Å². The smallest absolute Gasteiger partial charge is 0.244 e. The quantitative estimate of drug-likeness (QED) is 0.776. The Morgan fingerprint density at radius 2 is 1.96 bits per heavy atom. The van der Waals surface area contributed by atoms with Gasteiger partial charge in [-0.2, -0.15) is 4.31 Å². The molecule has 1 atom stereocenters. The van der Waals surface area contributed by atoms with Gasteiger partial charge in [0, 0.05) is 25.8 Å². The Labute approximate surface area is 148 Å². The number of hydrogen-bond acceptors (Lipinski definition) is 5. The van der Waals surface area contributed by atoms with Crippen LogP contribution in [0.5, 0.6) is 0 Å². The molecule has 6 nitrogen and oxygen atoms in total. The van der Waals surface area contributed by atoms with Crippen LogP contribution in [-0.4, -0.2) is 48.5 Å². The number of amides is 1. The normalized spacial score (nSPS) is 17.9. The minimum atomic E-state index is -3.47. The van der Waals surface area contributed by atoms with Crippen molar-refractivity contribution in [2.45, 2.75) is 54.7 Å². The van der Waals surface area contributed by atoms with Gasteiger partial charge in [-0.25, -0.2) is 13.4 Å². The molecule has 1 saturated heterocycles. The summed E-state index contributed by atoms with van der Waals surface area (Å²) in [5.41, 5.74) is 0. The molecule has 0 bridgehead atoms. The average Bonchev–Trinajstić information content (AvgIpc) is 2.85. The Morgan fingerprint density at radius 3 is 2.50 bits per heavy atom. The van der Waals surface area contributed by atoms with Crippen molar-refractivity contribution >= 4 is 27.7 Å². The van der Waals surface area contributed by atoms with Crippen LogP contribution >= 0.6 is 11.8 Å². The van der Waals surface area contributed by atoms with E-state index in [0.717, 1.165) is 25.7 Å². The van der Waals surface area contributed by atoms with E-state index in [4.69, 9.17) is 0 Å². The first-order valence-electron chi connectivity index (χ1n) is 8.35. The summed E-state index contributed by atoms with van der Waals surface area (Å²) < 4.78 is 26.9. The molecule has 2 heterocycles. The second-order valence-electron chi connectivity index (χ2n) is 5.81. The Bertz CT molecular complexity index is 639. The van der Waals surface area contributed by atoms with Crippen molar-refractivity contribution in [2.24, 2.45) is 0 Å². The summed E-state index contributed by atoms with van der Waals surface area (Å²) in [5.74, 6) is -0.0504. The molecular formula is C16H25N3O3S2. The minimum absolute atomic E-state index is 0.0504. The summed E-state index contributed by atoms with van der Waals surface area (Å²) in [5, 5.41) is 3.13. The number of pyridine rings is 1. The van der Waals surface area contributed by atoms with Gasteiger partial charge in [-0.15, -0.1) is 0 Å². The molecule has 1 fully saturated rings. The summed E-state index contributed by atoms with van der Waals surface area (Å²) in [4.78, 5) is 16.2. The molecule has 1 aliphatic heterocycles. The predicted octanol–water partition coefficient (Wildman–Crippen LogP) is 2.26. The molecule has 1 aliphatic rings. The number of carbonyl (C=O) groups excluding carboxylic acids is 1. The topological polar surface area (TPSA) is 79.4 Å². The molecule has 2 rings (SSSR count). The van der Waals surface area contributed by atoms with E-state index in [9.17, 15) is 13.2 Å². The monoisotopic (exact) mass is 371 g/mol. The number of nitrogens with zero attached hydrogens (tertiary/aromatic N) is 2. The minimum Gasteiger partial charge on any atom is -0.355 e. The van der Waals surface area contributed by atoms with Gasteiger partial charge in [0.1, 0.15) is 4.90 Å². The second-order valence-corrected chi connectivity index (χ2v) is 9.10. The first kappa shape index (κ1) is 19.2. The summed E-state index contributed by atoms with van der Waals surface area (Å²) in [6, 6.07) is 3.26. The zero-order valence-electron chi connectivity index (χ0n) is 14.2. The number of aromatic nitrogens is 1. The molecule has 134 valence electrons. The molecule has 1 aromatic heterocycles. The highest BCUT2D eigenvalue weighted by Crippen LogP contribution is 2.24. The average molecular weight is 372 g/mol. The van der Waals surface area contributed by atoms with Crippen LogP contribution in [0.1, 0.15) is 39.5 Å². The molecule has 1 N–H and O–H groups in total. The molecule has 0 aromatic carbocycles. The van der Waals surface area contributed by atoms with Gasteiger partial charge in [-0.3, -0.25) is 4.79 Å². The Morgan fingerprint density at radius 1 is 1.29 bits per heavy atom. The van der Waals surface area contributed by atoms with Gasteiger partial charge < -0.3 is 5.32 Å². The van der Waals surface area contributed by atoms with Crippen LogP contribution in [0.15, 0.2) is 28.3 Å². The van der Waals surface area contributed by atoms with E-state index in [0.29, 0.717) is 24.7 Å². The Kier molecular flexibility index (Phi) is 7.06. The van der Waals surface area contributed by atoms with Gasteiger partial charge in [0.2, 0.25) is 15.9 Å². The van der Waals surface area contributed by atoms with Gasteiger partial charge in [-0.1, -0.05) is 24.6 Å². The van der Waals surface area contributed by atoms with E-state index in [1.165, 1.54) is 18.0 Å². The van der Waals surface area contributed by atoms with Crippen molar-refractivity contribution in [3.05, 3.63) is 18.3 Å². The van der Waals surface area contributed by atoms with Crippen LogP contribution in [0.3, 0.4) is 0 Å². The third kappa shape index (κ3) is 4.94. The lowest BCUT2D eigenvalue weighted by Crippen LogP contribution is -2.32. The lowest BCUT2D eigenvalue weighted by atomic mass is 10.2. The molecule has 1 aromatic rings. The molecule has 24 heavy (non-hydrogen) atoms. The maximum Gasteiger partial charge on any atom is 0.244 e. The van der Waals surface area contributed by atoms with Crippen LogP contribution < -0.4 is 5.32 Å². The van der Waals surface area contributed by atoms with Crippen LogP contribution in [-0.2, 0) is 14.8 Å². The fourth-order valence-corrected chi connectivity index (χ4v) is 4.85. The van der Waals surface area contributed by atoms with Gasteiger partial charge in [0.25, 0.3) is 0 Å². The van der Waals surface area contributed by atoms with Crippen LogP contribution in [0.4, 0.5) is 0 Å². The van der Waals surface area contributed by atoms with Crippen molar-refractivity contribution in [1.29, 1.82) is 0 Å². The highest BCUT2D eigenvalue weighted by molar-refractivity contribution is 8.00. The largest absolute Gasteiger partial charge is 0.355 e. The Hall–Kier alpha value is -1.12. The van der Waals surface area contributed by atoms with Crippen LogP contribution in [0, 0.1) is 0 Å². The number of sulfonamides is 1. The molecule has 8 heteroatoms. The molecule has 0 aliphatic carbocycles. The number of carbonyl (C=O) groups is 1. The highest BCUT2D eigenvalue weighted by atomic mass is 32.2. The lowest BCUT2D eigenvalue weighted by molar-refractivity contribution is -0.120. The lowest BCUT2D eigenvalue weighted by Gasteiger charge is -2.19. The Balaban J connectivity index is 2.06. The van der Waals surface area contributed by atoms with E-state index >= 15 is 0 Å². The van der Waals surface area contributed by atoms with E-state index in [1.54, 1.807) is 23.4 Å². The zero-order valence-corrected chi connectivity index (χ0v) is 15.8. The van der Waals surface area contributed by atoms with Crippen molar-refractivity contribution in [1.82, 2.24) is 14.6 Å². The predicted molar refractivity (Wildman–Crippen MR) is 95.5 cm³/mol. The molecule has 0 unspecified atom stereocenters. The van der Waals surface area contributed by atoms with Crippen molar-refractivity contribution < 1.29 is 13.2 Å². The number of hydrogen-bond donors (Lipinski definition) is 1. The second kappa shape index (κ2) is 8.82. The third-order valence-electron chi connectivity index (χ3n) is 3.93. The molecule has 0 spiro atoms. The molecule has 0 saturated carbocycles. The first-order valence-corrected chi connectivity index (χ1v) is 10.7. The van der Waals surface area contributed by atoms with Gasteiger partial charge in [0.15, 0.2) is 0 Å². The van der Waals surface area contributed by atoms with Crippen molar-refractivity contribution in [3.63, 3.8) is 0 Å². The zero-order chi connectivity index (χ0) is 17.6. The molecular weight excluding hydrogens is 346 g/mol. The van der Waals surface area contributed by atoms with Gasteiger partial charge in [0.05, 0.1) is 10.3 Å². The summed E-state index contributed by atoms with van der Waals surface area (Å²) in [6.45, 7) is 5.42. The number of nitrogens with one attached hydrogen (secondary N) is 1. The van der Waals surface area contributed by atoms with Crippen molar-refractivity contribution in [2.75, 3.05) is 19.6 Å². The highest BCUT2D eigenvalue weighted by Gasteiger charge is 2.25. The number of rotatable bonds is 6. The fraction of sp³-hybridized carbons (Fsp3) is 0.625. The van der Waals surface area contributed by atoms with Crippen molar-refractivity contribution in [3.8, 4) is 0 Å². The van der Waals surface area contributed by atoms with Crippen LogP contribution in [0.25, 0.3) is 0 Å². The SMILES string of the molecule is CCNC(=O)[C@@H](C)Sc1ccc(S(=O)(=O)N2CCCCCC2)cn1.